The SMILES string of the molecule is Cc1ccccc1OC[C@@H]1CCCN(C(=O)c2cn(Cc3ccc(Cl)cc3)nn2)C1. The second kappa shape index (κ2) is 9.30. The summed E-state index contributed by atoms with van der Waals surface area (Å²) in [5.74, 6) is 1.15. The third-order valence-corrected chi connectivity index (χ3v) is 5.64. The minimum Gasteiger partial charge on any atom is -0.493 e. The largest absolute Gasteiger partial charge is 0.493 e. The molecular formula is C23H25ClN4O2. The van der Waals surface area contributed by atoms with Crippen LogP contribution in [-0.4, -0.2) is 45.5 Å². The van der Waals surface area contributed by atoms with Crippen molar-refractivity contribution < 1.29 is 9.53 Å². The van der Waals surface area contributed by atoms with Crippen molar-refractivity contribution in [2.24, 2.45) is 5.92 Å². The van der Waals surface area contributed by atoms with Gasteiger partial charge in [0.15, 0.2) is 5.69 Å². The molecule has 4 rings (SSSR count). The maximum atomic E-state index is 12.9. The first-order valence-electron chi connectivity index (χ1n) is 10.2. The summed E-state index contributed by atoms with van der Waals surface area (Å²) < 4.78 is 7.69. The Morgan fingerprint density at radius 3 is 2.80 bits per heavy atom. The molecule has 2 heterocycles. The van der Waals surface area contributed by atoms with Crippen LogP contribution < -0.4 is 4.74 Å². The molecule has 0 saturated carbocycles. The topological polar surface area (TPSA) is 60.2 Å². The fraction of sp³-hybridized carbons (Fsp3) is 0.348. The van der Waals surface area contributed by atoms with Crippen LogP contribution in [0.4, 0.5) is 0 Å². The first kappa shape index (κ1) is 20.4. The summed E-state index contributed by atoms with van der Waals surface area (Å²) in [6.45, 7) is 4.61. The molecule has 0 aliphatic carbocycles. The number of rotatable bonds is 6. The number of hydrogen-bond acceptors (Lipinski definition) is 4. The van der Waals surface area contributed by atoms with Crippen LogP contribution in [0.25, 0.3) is 0 Å². The number of benzene rings is 2. The van der Waals surface area contributed by atoms with Crippen molar-refractivity contribution in [1.82, 2.24) is 19.9 Å². The van der Waals surface area contributed by atoms with Crippen molar-refractivity contribution in [1.29, 1.82) is 0 Å². The number of carbonyl (C=O) groups is 1. The van der Waals surface area contributed by atoms with Gasteiger partial charge in [0.05, 0.1) is 19.3 Å². The molecule has 0 N–H and O–H groups in total. The van der Waals surface area contributed by atoms with Gasteiger partial charge in [0, 0.05) is 24.0 Å². The van der Waals surface area contributed by atoms with Crippen LogP contribution >= 0.6 is 11.6 Å². The van der Waals surface area contributed by atoms with Gasteiger partial charge in [-0.15, -0.1) is 5.10 Å². The zero-order valence-corrected chi connectivity index (χ0v) is 17.8. The van der Waals surface area contributed by atoms with E-state index in [1.54, 1.807) is 10.9 Å². The monoisotopic (exact) mass is 424 g/mol. The first-order chi connectivity index (χ1) is 14.6. The summed E-state index contributed by atoms with van der Waals surface area (Å²) in [7, 11) is 0. The summed E-state index contributed by atoms with van der Waals surface area (Å²) in [5.41, 5.74) is 2.55. The zero-order valence-electron chi connectivity index (χ0n) is 17.0. The number of aromatic nitrogens is 3. The van der Waals surface area contributed by atoms with Gasteiger partial charge in [-0.25, -0.2) is 4.68 Å². The molecule has 2 aromatic carbocycles. The normalized spacial score (nSPS) is 16.5. The van der Waals surface area contributed by atoms with Gasteiger partial charge in [0.2, 0.25) is 0 Å². The molecule has 0 spiro atoms. The Hall–Kier alpha value is -2.86. The Labute approximate surface area is 181 Å². The van der Waals surface area contributed by atoms with E-state index in [1.807, 2.05) is 60.4 Å². The number of halogens is 1. The number of para-hydroxylation sites is 1. The summed E-state index contributed by atoms with van der Waals surface area (Å²) >= 11 is 5.93. The molecule has 7 heteroatoms. The minimum absolute atomic E-state index is 0.0713. The highest BCUT2D eigenvalue weighted by Crippen LogP contribution is 2.22. The van der Waals surface area contributed by atoms with Crippen molar-refractivity contribution in [3.05, 3.63) is 76.6 Å². The van der Waals surface area contributed by atoms with Gasteiger partial charge in [-0.05, 0) is 49.1 Å². The van der Waals surface area contributed by atoms with Gasteiger partial charge in [-0.2, -0.15) is 0 Å². The van der Waals surface area contributed by atoms with Gasteiger partial charge in [0.25, 0.3) is 5.91 Å². The molecule has 0 radical (unpaired) electrons. The van der Waals surface area contributed by atoms with E-state index in [9.17, 15) is 4.79 Å². The van der Waals surface area contributed by atoms with E-state index in [1.165, 1.54) is 0 Å². The average molecular weight is 425 g/mol. The van der Waals surface area contributed by atoms with E-state index < -0.39 is 0 Å². The molecule has 1 aromatic heterocycles. The molecule has 30 heavy (non-hydrogen) atoms. The Kier molecular flexibility index (Phi) is 6.33. The predicted octanol–water partition coefficient (Wildman–Crippen LogP) is 4.22. The quantitative estimate of drug-likeness (QED) is 0.594. The van der Waals surface area contributed by atoms with E-state index in [-0.39, 0.29) is 5.91 Å². The molecular weight excluding hydrogens is 400 g/mol. The van der Waals surface area contributed by atoms with Crippen LogP contribution in [0.5, 0.6) is 5.75 Å². The summed E-state index contributed by atoms with van der Waals surface area (Å²) in [5, 5.41) is 8.91. The predicted molar refractivity (Wildman–Crippen MR) is 116 cm³/mol. The summed E-state index contributed by atoms with van der Waals surface area (Å²) in [4.78, 5) is 14.8. The Morgan fingerprint density at radius 1 is 1.20 bits per heavy atom. The second-order valence-electron chi connectivity index (χ2n) is 7.76. The Bertz CT molecular complexity index is 1000. The average Bonchev–Trinajstić information content (AvgIpc) is 3.23. The number of amides is 1. The van der Waals surface area contributed by atoms with Crippen molar-refractivity contribution in [3.63, 3.8) is 0 Å². The lowest BCUT2D eigenvalue weighted by atomic mass is 9.98. The highest BCUT2D eigenvalue weighted by Gasteiger charge is 2.26. The number of likely N-dealkylation sites (tertiary alicyclic amines) is 1. The fourth-order valence-corrected chi connectivity index (χ4v) is 3.85. The van der Waals surface area contributed by atoms with Crippen LogP contribution in [-0.2, 0) is 6.54 Å². The van der Waals surface area contributed by atoms with E-state index in [2.05, 4.69) is 10.3 Å². The van der Waals surface area contributed by atoms with E-state index in [4.69, 9.17) is 16.3 Å². The molecule has 3 aromatic rings. The van der Waals surface area contributed by atoms with Gasteiger partial charge in [0.1, 0.15) is 5.75 Å². The van der Waals surface area contributed by atoms with E-state index in [0.29, 0.717) is 36.3 Å². The summed E-state index contributed by atoms with van der Waals surface area (Å²) in [6.07, 6.45) is 3.73. The smallest absolute Gasteiger partial charge is 0.276 e. The maximum Gasteiger partial charge on any atom is 0.276 e. The van der Waals surface area contributed by atoms with E-state index >= 15 is 0 Å². The van der Waals surface area contributed by atoms with Crippen molar-refractivity contribution in [2.45, 2.75) is 26.3 Å². The molecule has 1 fully saturated rings. The molecule has 1 aliphatic heterocycles. The van der Waals surface area contributed by atoms with Gasteiger partial charge in [-0.3, -0.25) is 4.79 Å². The number of ether oxygens (including phenoxy) is 1. The van der Waals surface area contributed by atoms with Crippen molar-refractivity contribution >= 4 is 17.5 Å². The standard InChI is InChI=1S/C23H25ClN4O2/c1-17-5-2-3-7-22(17)30-16-19-6-4-12-27(13-19)23(29)21-15-28(26-25-21)14-18-8-10-20(24)11-9-18/h2-3,5,7-11,15,19H,4,6,12-14,16H2,1H3/t19-/m1/s1. The minimum atomic E-state index is -0.0713. The number of piperidine rings is 1. The van der Waals surface area contributed by atoms with Crippen LogP contribution in [0.2, 0.25) is 5.02 Å². The second-order valence-corrected chi connectivity index (χ2v) is 8.20. The molecule has 1 aliphatic rings. The fourth-order valence-electron chi connectivity index (χ4n) is 3.72. The van der Waals surface area contributed by atoms with Gasteiger partial charge >= 0.3 is 0 Å². The Morgan fingerprint density at radius 2 is 2.00 bits per heavy atom. The molecule has 1 atom stereocenters. The zero-order chi connectivity index (χ0) is 20.9. The Balaban J connectivity index is 1.34. The van der Waals surface area contributed by atoms with E-state index in [0.717, 1.165) is 36.3 Å². The maximum absolute atomic E-state index is 12.9. The number of aryl methyl sites for hydroxylation is 1. The lowest BCUT2D eigenvalue weighted by Crippen LogP contribution is -2.41. The van der Waals surface area contributed by atoms with Gasteiger partial charge in [-0.1, -0.05) is 47.1 Å². The molecule has 156 valence electrons. The number of nitrogens with zero attached hydrogens (tertiary/aromatic N) is 4. The van der Waals surface area contributed by atoms with Crippen LogP contribution in [0.1, 0.15) is 34.5 Å². The van der Waals surface area contributed by atoms with Crippen molar-refractivity contribution in [3.8, 4) is 5.75 Å². The first-order valence-corrected chi connectivity index (χ1v) is 10.6. The highest BCUT2D eigenvalue weighted by atomic mass is 35.5. The summed E-state index contributed by atoms with van der Waals surface area (Å²) in [6, 6.07) is 15.6. The lowest BCUT2D eigenvalue weighted by Gasteiger charge is -2.32. The lowest BCUT2D eigenvalue weighted by molar-refractivity contribution is 0.0627. The molecule has 1 amide bonds. The third kappa shape index (κ3) is 5.00. The molecule has 6 nitrogen and oxygen atoms in total. The van der Waals surface area contributed by atoms with Gasteiger partial charge < -0.3 is 9.64 Å². The van der Waals surface area contributed by atoms with Crippen molar-refractivity contribution in [2.75, 3.05) is 19.7 Å². The van der Waals surface area contributed by atoms with Crippen LogP contribution in [0, 0.1) is 12.8 Å². The third-order valence-electron chi connectivity index (χ3n) is 5.39. The number of carbonyl (C=O) groups excluding carboxylic acids is 1. The molecule has 0 unspecified atom stereocenters. The molecule has 0 bridgehead atoms. The highest BCUT2D eigenvalue weighted by molar-refractivity contribution is 6.30. The molecule has 1 saturated heterocycles. The van der Waals surface area contributed by atoms with Crippen LogP contribution in [0.15, 0.2) is 54.7 Å². The number of hydrogen-bond donors (Lipinski definition) is 0. The van der Waals surface area contributed by atoms with Crippen LogP contribution in [0.3, 0.4) is 0 Å².